The summed E-state index contributed by atoms with van der Waals surface area (Å²) in [7, 11) is 3.09. The molecular weight excluding hydrogens is 206 g/mol. The molecular formula is C7H13N3O5. The molecule has 0 aromatic rings. The molecule has 0 saturated heterocycles. The molecule has 0 saturated carbocycles. The number of carbonyl (C=O) groups is 3. The van der Waals surface area contributed by atoms with Crippen molar-refractivity contribution in [3.05, 3.63) is 0 Å². The van der Waals surface area contributed by atoms with Crippen molar-refractivity contribution in [1.82, 2.24) is 15.7 Å². The van der Waals surface area contributed by atoms with Crippen LogP contribution in [0.25, 0.3) is 0 Å². The van der Waals surface area contributed by atoms with E-state index in [1.807, 2.05) is 0 Å². The maximum absolute atomic E-state index is 11.0. The van der Waals surface area contributed by atoms with Gasteiger partial charge in [0, 0.05) is 14.1 Å². The highest BCUT2D eigenvalue weighted by molar-refractivity contribution is 5.83. The number of rotatable bonds is 5. The van der Waals surface area contributed by atoms with Crippen LogP contribution in [0.1, 0.15) is 0 Å². The van der Waals surface area contributed by atoms with Gasteiger partial charge in [-0.3, -0.25) is 9.63 Å². The van der Waals surface area contributed by atoms with Gasteiger partial charge >= 0.3 is 12.0 Å². The summed E-state index contributed by atoms with van der Waals surface area (Å²) >= 11 is 0. The molecule has 0 radical (unpaired) electrons. The van der Waals surface area contributed by atoms with Crippen molar-refractivity contribution in [2.45, 2.75) is 0 Å². The first-order chi connectivity index (χ1) is 6.93. The second kappa shape index (κ2) is 6.60. The molecule has 0 aliphatic carbocycles. The summed E-state index contributed by atoms with van der Waals surface area (Å²) in [5.41, 5.74) is 1.81. The summed E-state index contributed by atoms with van der Waals surface area (Å²) in [5, 5.41) is 10.3. The Hall–Kier alpha value is -1.83. The van der Waals surface area contributed by atoms with E-state index in [4.69, 9.17) is 5.11 Å². The lowest BCUT2D eigenvalue weighted by molar-refractivity contribution is -0.144. The van der Waals surface area contributed by atoms with E-state index in [0.29, 0.717) is 0 Å². The second-order valence-corrected chi connectivity index (χ2v) is 2.76. The van der Waals surface area contributed by atoms with Crippen molar-refractivity contribution in [1.29, 1.82) is 0 Å². The summed E-state index contributed by atoms with van der Waals surface area (Å²) < 4.78 is 0. The first-order valence-corrected chi connectivity index (χ1v) is 4.01. The molecule has 0 heterocycles. The van der Waals surface area contributed by atoms with Gasteiger partial charge in [-0.15, -0.1) is 0 Å². The fourth-order valence-electron chi connectivity index (χ4n) is 0.513. The third-order valence-electron chi connectivity index (χ3n) is 1.26. The minimum absolute atomic E-state index is 0.185. The topological polar surface area (TPSA) is 108 Å². The summed E-state index contributed by atoms with van der Waals surface area (Å²) in [5.74, 6) is -1.50. The first kappa shape index (κ1) is 13.2. The third kappa shape index (κ3) is 7.26. The van der Waals surface area contributed by atoms with Crippen LogP contribution in [0.5, 0.6) is 0 Å². The largest absolute Gasteiger partial charge is 0.479 e. The van der Waals surface area contributed by atoms with Crippen molar-refractivity contribution in [2.24, 2.45) is 0 Å². The predicted octanol–water partition coefficient (Wildman–Crippen LogP) is -1.61. The number of carboxylic acid groups (broad SMARTS) is 1. The zero-order chi connectivity index (χ0) is 11.8. The molecule has 0 bridgehead atoms. The van der Waals surface area contributed by atoms with Crippen LogP contribution < -0.4 is 10.8 Å². The van der Waals surface area contributed by atoms with Gasteiger partial charge in [-0.2, -0.15) is 0 Å². The van der Waals surface area contributed by atoms with Crippen molar-refractivity contribution in [2.75, 3.05) is 27.2 Å². The lowest BCUT2D eigenvalue weighted by atomic mass is 10.5. The average Bonchev–Trinajstić information content (AvgIpc) is 2.13. The lowest BCUT2D eigenvalue weighted by Crippen LogP contribution is -2.42. The maximum Gasteiger partial charge on any atom is 0.339 e. The number of nitrogens with one attached hydrogen (secondary N) is 2. The normalized spacial score (nSPS) is 9.20. The number of likely N-dealkylation sites (N-methyl/N-ethyl adjacent to an activating group) is 1. The highest BCUT2D eigenvalue weighted by Crippen LogP contribution is 1.76. The molecule has 0 rings (SSSR count). The number of aliphatic carboxylic acids is 1. The number of urea groups is 1. The molecule has 3 N–H and O–H groups in total. The standard InChI is InChI=1S/C7H13N3O5/c1-10(2)5(11)3-8-7(14)9-15-4-6(12)13/h3-4H2,1-2H3,(H,12,13)(H2,8,9,14). The number of hydroxylamine groups is 1. The van der Waals surface area contributed by atoms with Gasteiger partial charge in [0.1, 0.15) is 0 Å². The molecule has 0 aromatic heterocycles. The quantitative estimate of drug-likeness (QED) is 0.482. The van der Waals surface area contributed by atoms with Crippen molar-refractivity contribution in [3.8, 4) is 0 Å². The van der Waals surface area contributed by atoms with Gasteiger partial charge in [0.15, 0.2) is 6.61 Å². The van der Waals surface area contributed by atoms with E-state index in [0.717, 1.165) is 0 Å². The van der Waals surface area contributed by atoms with E-state index in [1.165, 1.54) is 4.90 Å². The van der Waals surface area contributed by atoms with Gasteiger partial charge in [0.2, 0.25) is 5.91 Å². The van der Waals surface area contributed by atoms with E-state index >= 15 is 0 Å². The lowest BCUT2D eigenvalue weighted by Gasteiger charge is -2.11. The summed E-state index contributed by atoms with van der Waals surface area (Å²) in [6, 6.07) is -0.772. The molecule has 8 heteroatoms. The predicted molar refractivity (Wildman–Crippen MR) is 48.8 cm³/mol. The zero-order valence-corrected chi connectivity index (χ0v) is 8.44. The molecule has 15 heavy (non-hydrogen) atoms. The number of hydrogen-bond donors (Lipinski definition) is 3. The minimum atomic E-state index is -1.21. The summed E-state index contributed by atoms with van der Waals surface area (Å²) in [6.07, 6.45) is 0. The Labute approximate surface area is 86.1 Å². The van der Waals surface area contributed by atoms with E-state index in [-0.39, 0.29) is 12.5 Å². The summed E-state index contributed by atoms with van der Waals surface area (Å²) in [6.45, 7) is -0.829. The van der Waals surface area contributed by atoms with E-state index < -0.39 is 18.6 Å². The number of nitrogens with zero attached hydrogens (tertiary/aromatic N) is 1. The van der Waals surface area contributed by atoms with Crippen LogP contribution in [0.3, 0.4) is 0 Å². The number of carboxylic acids is 1. The molecule has 0 unspecified atom stereocenters. The molecule has 0 atom stereocenters. The van der Waals surface area contributed by atoms with Gasteiger partial charge in [-0.05, 0) is 0 Å². The van der Waals surface area contributed by atoms with E-state index in [1.54, 1.807) is 19.6 Å². The number of carbonyl (C=O) groups excluding carboxylic acids is 2. The smallest absolute Gasteiger partial charge is 0.339 e. The fourth-order valence-corrected chi connectivity index (χ4v) is 0.513. The number of hydrogen-bond acceptors (Lipinski definition) is 4. The van der Waals surface area contributed by atoms with Crippen LogP contribution in [0.4, 0.5) is 4.79 Å². The zero-order valence-electron chi connectivity index (χ0n) is 8.44. The Bertz CT molecular complexity index is 253. The van der Waals surface area contributed by atoms with Crippen molar-refractivity contribution >= 4 is 17.9 Å². The fraction of sp³-hybridized carbons (Fsp3) is 0.571. The Morgan fingerprint density at radius 2 is 1.93 bits per heavy atom. The average molecular weight is 219 g/mol. The molecule has 8 nitrogen and oxygen atoms in total. The van der Waals surface area contributed by atoms with Gasteiger partial charge in [0.25, 0.3) is 0 Å². The molecule has 0 aliphatic rings. The minimum Gasteiger partial charge on any atom is -0.479 e. The van der Waals surface area contributed by atoms with Crippen LogP contribution in [0.15, 0.2) is 0 Å². The molecule has 0 fully saturated rings. The SMILES string of the molecule is CN(C)C(=O)CNC(=O)NOCC(=O)O. The van der Waals surface area contributed by atoms with E-state index in [9.17, 15) is 14.4 Å². The van der Waals surface area contributed by atoms with Gasteiger partial charge in [-0.25, -0.2) is 15.1 Å². The Balaban J connectivity index is 3.58. The Morgan fingerprint density at radius 1 is 1.33 bits per heavy atom. The van der Waals surface area contributed by atoms with Crippen LogP contribution in [-0.4, -0.2) is 55.2 Å². The Kier molecular flexibility index (Phi) is 5.79. The monoisotopic (exact) mass is 219 g/mol. The van der Waals surface area contributed by atoms with Gasteiger partial charge < -0.3 is 15.3 Å². The van der Waals surface area contributed by atoms with Crippen LogP contribution >= 0.6 is 0 Å². The molecule has 0 spiro atoms. The molecule has 86 valence electrons. The third-order valence-corrected chi connectivity index (χ3v) is 1.26. The van der Waals surface area contributed by atoms with Crippen molar-refractivity contribution < 1.29 is 24.3 Å². The number of amides is 3. The summed E-state index contributed by atoms with van der Waals surface area (Å²) in [4.78, 5) is 37.4. The van der Waals surface area contributed by atoms with Crippen molar-refractivity contribution in [3.63, 3.8) is 0 Å². The molecule has 0 aliphatic heterocycles. The van der Waals surface area contributed by atoms with Crippen LogP contribution in [0, 0.1) is 0 Å². The first-order valence-electron chi connectivity index (χ1n) is 4.01. The van der Waals surface area contributed by atoms with Gasteiger partial charge in [0.05, 0.1) is 6.54 Å². The van der Waals surface area contributed by atoms with E-state index in [2.05, 4.69) is 10.2 Å². The van der Waals surface area contributed by atoms with Crippen LogP contribution in [0.2, 0.25) is 0 Å². The maximum atomic E-state index is 11.0. The highest BCUT2D eigenvalue weighted by atomic mass is 16.7. The van der Waals surface area contributed by atoms with Crippen LogP contribution in [-0.2, 0) is 14.4 Å². The highest BCUT2D eigenvalue weighted by Gasteiger charge is 2.06. The van der Waals surface area contributed by atoms with Gasteiger partial charge in [-0.1, -0.05) is 0 Å². The molecule has 3 amide bonds. The molecule has 0 aromatic carbocycles. The second-order valence-electron chi connectivity index (χ2n) is 2.76. The Morgan fingerprint density at radius 3 is 2.40 bits per heavy atom.